The molecule has 3 aliphatic rings. The predicted molar refractivity (Wildman–Crippen MR) is 84.5 cm³/mol. The molecule has 0 amide bonds. The van der Waals surface area contributed by atoms with Crippen molar-refractivity contribution in [2.75, 3.05) is 0 Å². The Bertz CT molecular complexity index is 588. The van der Waals surface area contributed by atoms with E-state index in [1.807, 2.05) is 0 Å². The van der Waals surface area contributed by atoms with Gasteiger partial charge >= 0.3 is 0 Å². The highest BCUT2D eigenvalue weighted by Gasteiger charge is 2.26. The highest BCUT2D eigenvalue weighted by atomic mass is 14.3. The van der Waals surface area contributed by atoms with Crippen molar-refractivity contribution >= 4 is 0 Å². The molecule has 1 aromatic carbocycles. The maximum atomic E-state index is 2.57. The average molecular weight is 262 g/mol. The minimum absolute atomic E-state index is 0.665. The van der Waals surface area contributed by atoms with E-state index in [1.165, 1.54) is 32.1 Å². The Hall–Kier alpha value is -1.56. The standard InChI is InChI=1S/C20H22/c1-2-6-18-12-16-10-9-15(11-17(18)5-1)13-19-7-3-4-8-20(19)14-16/h1-8,11,15-16,18H,9-10,12-14H2/b17-11-. The molecule has 1 aromatic rings. The Labute approximate surface area is 121 Å². The lowest BCUT2D eigenvalue weighted by molar-refractivity contribution is 0.353. The molecule has 4 rings (SSSR count). The molecule has 20 heavy (non-hydrogen) atoms. The van der Waals surface area contributed by atoms with Crippen molar-refractivity contribution < 1.29 is 0 Å². The zero-order valence-corrected chi connectivity index (χ0v) is 12.0. The summed E-state index contributed by atoms with van der Waals surface area (Å²) in [7, 11) is 0. The quantitative estimate of drug-likeness (QED) is 0.625. The summed E-state index contributed by atoms with van der Waals surface area (Å²) < 4.78 is 0. The molecule has 0 saturated carbocycles. The minimum Gasteiger partial charge on any atom is -0.0773 e. The fraction of sp³-hybridized carbons (Fsp3) is 0.400. The van der Waals surface area contributed by atoms with E-state index in [4.69, 9.17) is 0 Å². The van der Waals surface area contributed by atoms with Crippen molar-refractivity contribution in [2.45, 2.75) is 32.1 Å². The fourth-order valence-electron chi connectivity index (χ4n) is 4.17. The zero-order valence-electron chi connectivity index (χ0n) is 12.0. The van der Waals surface area contributed by atoms with Crippen molar-refractivity contribution in [3.8, 4) is 0 Å². The second-order valence-electron chi connectivity index (χ2n) is 6.63. The smallest absolute Gasteiger partial charge is 0.00207 e. The lowest BCUT2D eigenvalue weighted by Crippen LogP contribution is -2.21. The van der Waals surface area contributed by atoms with Crippen LogP contribution in [0, 0.1) is 17.8 Å². The average Bonchev–Trinajstić information content (AvgIpc) is 2.44. The first-order chi connectivity index (χ1) is 9.88. The molecule has 3 atom stereocenters. The van der Waals surface area contributed by atoms with Crippen molar-refractivity contribution in [3.05, 3.63) is 71.3 Å². The van der Waals surface area contributed by atoms with Gasteiger partial charge in [0.15, 0.2) is 0 Å². The second kappa shape index (κ2) is 5.09. The van der Waals surface area contributed by atoms with Crippen LogP contribution in [0.15, 0.2) is 60.2 Å². The number of benzene rings is 1. The van der Waals surface area contributed by atoms with Crippen LogP contribution in [0.2, 0.25) is 0 Å². The lowest BCUT2D eigenvalue weighted by Gasteiger charge is -2.32. The van der Waals surface area contributed by atoms with E-state index in [1.54, 1.807) is 16.7 Å². The molecule has 3 unspecified atom stereocenters. The summed E-state index contributed by atoms with van der Waals surface area (Å²) in [5.74, 6) is 2.25. The van der Waals surface area contributed by atoms with Gasteiger partial charge in [-0.3, -0.25) is 0 Å². The van der Waals surface area contributed by atoms with Crippen LogP contribution in [0.1, 0.15) is 30.4 Å². The maximum Gasteiger partial charge on any atom is 0.00207 e. The highest BCUT2D eigenvalue weighted by Crippen LogP contribution is 2.38. The SMILES string of the molecule is C1=C/C2=C/C3CCC(Cc4ccccc4C3)CC2C=C1. The van der Waals surface area contributed by atoms with Gasteiger partial charge in [0, 0.05) is 5.92 Å². The summed E-state index contributed by atoms with van der Waals surface area (Å²) in [5, 5.41) is 0. The molecule has 0 aliphatic heterocycles. The minimum atomic E-state index is 0.665. The molecule has 0 radical (unpaired) electrons. The maximum absolute atomic E-state index is 2.57. The summed E-state index contributed by atoms with van der Waals surface area (Å²) in [5.41, 5.74) is 4.77. The van der Waals surface area contributed by atoms with Crippen LogP contribution in [0.25, 0.3) is 0 Å². The molecule has 3 aliphatic carbocycles. The van der Waals surface area contributed by atoms with E-state index in [0.29, 0.717) is 5.92 Å². The molecular weight excluding hydrogens is 240 g/mol. The molecule has 0 N–H and O–H groups in total. The Morgan fingerprint density at radius 2 is 1.75 bits per heavy atom. The molecule has 2 bridgehead atoms. The Balaban J connectivity index is 1.76. The topological polar surface area (TPSA) is 0 Å². The molecule has 0 heteroatoms. The normalized spacial score (nSPS) is 34.0. The number of allylic oxidation sites excluding steroid dienone is 6. The molecule has 0 saturated heterocycles. The van der Waals surface area contributed by atoms with Gasteiger partial charge in [0.1, 0.15) is 0 Å². The van der Waals surface area contributed by atoms with E-state index >= 15 is 0 Å². The van der Waals surface area contributed by atoms with Crippen LogP contribution in [-0.2, 0) is 12.8 Å². The molecule has 0 nitrogen and oxygen atoms in total. The summed E-state index contributed by atoms with van der Waals surface area (Å²) in [6.07, 6.45) is 18.4. The highest BCUT2D eigenvalue weighted by molar-refractivity contribution is 5.36. The van der Waals surface area contributed by atoms with Crippen LogP contribution in [0.5, 0.6) is 0 Å². The van der Waals surface area contributed by atoms with Crippen LogP contribution in [0.3, 0.4) is 0 Å². The van der Waals surface area contributed by atoms with Gasteiger partial charge in [0.2, 0.25) is 0 Å². The van der Waals surface area contributed by atoms with E-state index in [2.05, 4.69) is 54.6 Å². The van der Waals surface area contributed by atoms with Gasteiger partial charge in [0.05, 0.1) is 0 Å². The van der Waals surface area contributed by atoms with Gasteiger partial charge < -0.3 is 0 Å². The van der Waals surface area contributed by atoms with Gasteiger partial charge in [-0.25, -0.2) is 0 Å². The van der Waals surface area contributed by atoms with Crippen molar-refractivity contribution in [2.24, 2.45) is 17.8 Å². The summed E-state index contributed by atoms with van der Waals surface area (Å²) in [4.78, 5) is 0. The molecule has 102 valence electrons. The molecular formula is C20H22. The summed E-state index contributed by atoms with van der Waals surface area (Å²) >= 11 is 0. The van der Waals surface area contributed by atoms with Gasteiger partial charge in [-0.05, 0) is 60.6 Å². The van der Waals surface area contributed by atoms with E-state index in [-0.39, 0.29) is 0 Å². The van der Waals surface area contributed by atoms with Crippen LogP contribution >= 0.6 is 0 Å². The number of hydrogen-bond acceptors (Lipinski definition) is 0. The molecule has 0 fully saturated rings. The van der Waals surface area contributed by atoms with Crippen LogP contribution in [-0.4, -0.2) is 0 Å². The first-order valence-electron chi connectivity index (χ1n) is 8.02. The number of hydrogen-bond donors (Lipinski definition) is 0. The van der Waals surface area contributed by atoms with Crippen molar-refractivity contribution in [1.82, 2.24) is 0 Å². The first kappa shape index (κ1) is 12.2. The third-order valence-electron chi connectivity index (χ3n) is 5.24. The molecule has 0 spiro atoms. The summed E-state index contributed by atoms with van der Waals surface area (Å²) in [6.45, 7) is 0. The van der Waals surface area contributed by atoms with Crippen molar-refractivity contribution in [1.29, 1.82) is 0 Å². The second-order valence-corrected chi connectivity index (χ2v) is 6.63. The molecule has 0 heterocycles. The lowest BCUT2D eigenvalue weighted by atomic mass is 9.73. The third-order valence-corrected chi connectivity index (χ3v) is 5.24. The zero-order chi connectivity index (χ0) is 13.4. The largest absolute Gasteiger partial charge is 0.0773 e. The predicted octanol–water partition coefficient (Wildman–Crippen LogP) is 4.87. The van der Waals surface area contributed by atoms with Gasteiger partial charge in [-0.1, -0.05) is 54.6 Å². The van der Waals surface area contributed by atoms with E-state index in [0.717, 1.165) is 11.8 Å². The van der Waals surface area contributed by atoms with Gasteiger partial charge in [-0.2, -0.15) is 0 Å². The fourth-order valence-corrected chi connectivity index (χ4v) is 4.17. The summed E-state index contributed by atoms with van der Waals surface area (Å²) in [6, 6.07) is 9.12. The van der Waals surface area contributed by atoms with Crippen molar-refractivity contribution in [3.63, 3.8) is 0 Å². The Kier molecular flexibility index (Phi) is 3.10. The van der Waals surface area contributed by atoms with Crippen LogP contribution in [0.4, 0.5) is 0 Å². The first-order valence-corrected chi connectivity index (χ1v) is 8.02. The molecule has 0 aromatic heterocycles. The monoisotopic (exact) mass is 262 g/mol. The van der Waals surface area contributed by atoms with Crippen LogP contribution < -0.4 is 0 Å². The van der Waals surface area contributed by atoms with Gasteiger partial charge in [-0.15, -0.1) is 0 Å². The Morgan fingerprint density at radius 1 is 0.900 bits per heavy atom. The third kappa shape index (κ3) is 2.28. The number of rotatable bonds is 0. The van der Waals surface area contributed by atoms with Gasteiger partial charge in [0.25, 0.3) is 0 Å². The number of fused-ring (bicyclic) bond motifs is 5. The van der Waals surface area contributed by atoms with E-state index in [9.17, 15) is 0 Å². The Morgan fingerprint density at radius 3 is 2.65 bits per heavy atom. The van der Waals surface area contributed by atoms with E-state index < -0.39 is 0 Å².